The molecule has 0 spiro atoms. The maximum Gasteiger partial charge on any atom is 0.287 e. The summed E-state index contributed by atoms with van der Waals surface area (Å²) in [5.41, 5.74) is 5.08. The Balaban J connectivity index is 1.30. The maximum atomic E-state index is 13.7. The predicted molar refractivity (Wildman–Crippen MR) is 150 cm³/mol. The van der Waals surface area contributed by atoms with Gasteiger partial charge in [0, 0.05) is 19.0 Å². The van der Waals surface area contributed by atoms with Gasteiger partial charge in [-0.25, -0.2) is 4.39 Å². The zero-order valence-electron chi connectivity index (χ0n) is 22.9. The third kappa shape index (κ3) is 6.09. The smallest absolute Gasteiger partial charge is 0.287 e. The van der Waals surface area contributed by atoms with E-state index in [9.17, 15) is 14.0 Å². The van der Waals surface area contributed by atoms with Gasteiger partial charge >= 0.3 is 0 Å². The Kier molecular flexibility index (Phi) is 8.01. The van der Waals surface area contributed by atoms with Gasteiger partial charge in [0.15, 0.2) is 5.76 Å². The minimum absolute atomic E-state index is 0.0510. The molecule has 0 saturated heterocycles. The highest BCUT2D eigenvalue weighted by molar-refractivity contribution is 5.91. The lowest BCUT2D eigenvalue weighted by atomic mass is 9.87. The lowest BCUT2D eigenvalue weighted by molar-refractivity contribution is -0.136. The van der Waals surface area contributed by atoms with Gasteiger partial charge in [-0.2, -0.15) is 0 Å². The van der Waals surface area contributed by atoms with Crippen LogP contribution in [0.5, 0.6) is 5.75 Å². The summed E-state index contributed by atoms with van der Waals surface area (Å²) in [7, 11) is 0. The first-order chi connectivity index (χ1) is 19.3. The lowest BCUT2D eigenvalue weighted by Gasteiger charge is -2.39. The van der Waals surface area contributed by atoms with Gasteiger partial charge in [0.25, 0.3) is 5.91 Å². The zero-order valence-corrected chi connectivity index (χ0v) is 22.9. The van der Waals surface area contributed by atoms with Gasteiger partial charge < -0.3 is 19.4 Å². The Hall–Kier alpha value is -4.39. The number of rotatable bonds is 8. The quantitative estimate of drug-likeness (QED) is 0.282. The fraction of sp³-hybridized carbons (Fsp3) is 0.273. The van der Waals surface area contributed by atoms with Crippen molar-refractivity contribution >= 4 is 11.8 Å². The third-order valence-electron chi connectivity index (χ3n) is 7.11. The second kappa shape index (κ2) is 11.8. The molecule has 2 heterocycles. The molecular formula is C33H33FN2O4. The molecule has 0 aliphatic carbocycles. The molecule has 0 saturated carbocycles. The number of fused-ring (bicyclic) bond motifs is 1. The van der Waals surface area contributed by atoms with E-state index in [1.807, 2.05) is 68.1 Å². The van der Waals surface area contributed by atoms with Crippen LogP contribution in [0.25, 0.3) is 0 Å². The minimum Gasteiger partial charge on any atom is -0.486 e. The van der Waals surface area contributed by atoms with E-state index in [0.717, 1.165) is 34.2 Å². The van der Waals surface area contributed by atoms with E-state index in [-0.39, 0.29) is 42.0 Å². The summed E-state index contributed by atoms with van der Waals surface area (Å²) < 4.78 is 25.5. The maximum absolute atomic E-state index is 13.7. The second-order valence-electron chi connectivity index (χ2n) is 10.5. The summed E-state index contributed by atoms with van der Waals surface area (Å²) in [6.45, 7) is 6.93. The number of nitrogens with one attached hydrogen (secondary N) is 1. The molecule has 1 aliphatic heterocycles. The van der Waals surface area contributed by atoms with Gasteiger partial charge in [0.2, 0.25) is 5.91 Å². The molecule has 2 amide bonds. The molecule has 3 aromatic carbocycles. The monoisotopic (exact) mass is 540 g/mol. The first-order valence-corrected chi connectivity index (χ1v) is 13.5. The number of hydrogen-bond donors (Lipinski definition) is 1. The molecule has 1 N–H and O–H groups in total. The summed E-state index contributed by atoms with van der Waals surface area (Å²) in [4.78, 5) is 27.6. The minimum atomic E-state index is -0.338. The van der Waals surface area contributed by atoms with Crippen LogP contribution in [0.15, 0.2) is 83.3 Å². The Morgan fingerprint density at radius 1 is 1.05 bits per heavy atom. The van der Waals surface area contributed by atoms with Crippen LogP contribution in [0.2, 0.25) is 0 Å². The number of furan rings is 1. The molecule has 6 nitrogen and oxygen atoms in total. The van der Waals surface area contributed by atoms with Gasteiger partial charge in [0.1, 0.15) is 23.9 Å². The number of amides is 2. The normalized spacial score (nSPS) is 14.6. The Morgan fingerprint density at radius 3 is 2.60 bits per heavy atom. The van der Waals surface area contributed by atoms with E-state index in [1.54, 1.807) is 24.3 Å². The highest BCUT2D eigenvalue weighted by Gasteiger charge is 2.33. The van der Waals surface area contributed by atoms with Crippen LogP contribution in [0.3, 0.4) is 0 Å². The van der Waals surface area contributed by atoms with E-state index in [4.69, 9.17) is 9.15 Å². The van der Waals surface area contributed by atoms with E-state index in [2.05, 4.69) is 5.32 Å². The molecule has 1 aromatic heterocycles. The van der Waals surface area contributed by atoms with Crippen molar-refractivity contribution in [1.82, 2.24) is 10.2 Å². The topological polar surface area (TPSA) is 71.8 Å². The molecule has 4 aromatic rings. The van der Waals surface area contributed by atoms with Crippen molar-refractivity contribution < 1.29 is 23.1 Å². The highest BCUT2D eigenvalue weighted by Crippen LogP contribution is 2.38. The van der Waals surface area contributed by atoms with Gasteiger partial charge in [-0.3, -0.25) is 9.59 Å². The molecule has 0 unspecified atom stereocenters. The van der Waals surface area contributed by atoms with Crippen molar-refractivity contribution in [3.63, 3.8) is 0 Å². The van der Waals surface area contributed by atoms with Gasteiger partial charge in [-0.15, -0.1) is 0 Å². The van der Waals surface area contributed by atoms with Crippen molar-refractivity contribution in [1.29, 1.82) is 0 Å². The molecular weight excluding hydrogens is 507 g/mol. The molecule has 206 valence electrons. The summed E-state index contributed by atoms with van der Waals surface area (Å²) in [6, 6.07) is 23.2. The number of benzene rings is 3. The summed E-state index contributed by atoms with van der Waals surface area (Å²) in [6.07, 6.45) is 0.727. The second-order valence-corrected chi connectivity index (χ2v) is 10.5. The van der Waals surface area contributed by atoms with Crippen molar-refractivity contribution in [2.75, 3.05) is 6.54 Å². The molecule has 5 rings (SSSR count). The molecule has 40 heavy (non-hydrogen) atoms. The SMILES string of the molecule is Cc1cccc(CNC(=O)c2ccc(COc3ccc4c(c3)[C@@H](c3ccc(F)cc3)N(C(=O)C(C)C)CC4)o2)c1. The van der Waals surface area contributed by atoms with Crippen LogP contribution in [-0.4, -0.2) is 23.3 Å². The van der Waals surface area contributed by atoms with E-state index >= 15 is 0 Å². The molecule has 1 aliphatic rings. The van der Waals surface area contributed by atoms with Crippen LogP contribution in [-0.2, 0) is 24.4 Å². The fourth-order valence-corrected chi connectivity index (χ4v) is 5.08. The fourth-order valence-electron chi connectivity index (χ4n) is 5.08. The number of nitrogens with zero attached hydrogens (tertiary/aromatic N) is 1. The van der Waals surface area contributed by atoms with Crippen molar-refractivity contribution in [3.8, 4) is 5.75 Å². The van der Waals surface area contributed by atoms with E-state index in [0.29, 0.717) is 24.6 Å². The number of halogens is 1. The van der Waals surface area contributed by atoms with Crippen LogP contribution < -0.4 is 10.1 Å². The molecule has 0 fully saturated rings. The van der Waals surface area contributed by atoms with E-state index in [1.165, 1.54) is 12.1 Å². The number of carbonyl (C=O) groups is 2. The number of ether oxygens (including phenoxy) is 1. The van der Waals surface area contributed by atoms with Gasteiger partial charge in [0.05, 0.1) is 6.04 Å². The van der Waals surface area contributed by atoms with Gasteiger partial charge in [-0.1, -0.05) is 61.9 Å². The molecule has 1 atom stereocenters. The lowest BCUT2D eigenvalue weighted by Crippen LogP contribution is -2.42. The summed E-state index contributed by atoms with van der Waals surface area (Å²) in [5.74, 6) is 0.632. The highest BCUT2D eigenvalue weighted by atomic mass is 19.1. The first-order valence-electron chi connectivity index (χ1n) is 13.5. The van der Waals surface area contributed by atoms with Crippen molar-refractivity contribution in [3.05, 3.63) is 124 Å². The third-order valence-corrected chi connectivity index (χ3v) is 7.11. The van der Waals surface area contributed by atoms with Crippen LogP contribution in [0.1, 0.15) is 64.0 Å². The zero-order chi connectivity index (χ0) is 28.2. The van der Waals surface area contributed by atoms with Crippen LogP contribution in [0, 0.1) is 18.7 Å². The van der Waals surface area contributed by atoms with E-state index < -0.39 is 0 Å². The molecule has 0 radical (unpaired) electrons. The van der Waals surface area contributed by atoms with Crippen LogP contribution >= 0.6 is 0 Å². The average Bonchev–Trinajstić information content (AvgIpc) is 3.43. The van der Waals surface area contributed by atoms with Gasteiger partial charge in [-0.05, 0) is 72.0 Å². The van der Waals surface area contributed by atoms with Crippen molar-refractivity contribution in [2.24, 2.45) is 5.92 Å². The number of aryl methyl sites for hydroxylation is 1. The Labute approximate surface area is 233 Å². The molecule has 0 bridgehead atoms. The Bertz CT molecular complexity index is 1510. The largest absolute Gasteiger partial charge is 0.486 e. The first kappa shape index (κ1) is 27.2. The van der Waals surface area contributed by atoms with Crippen LogP contribution in [0.4, 0.5) is 4.39 Å². The summed E-state index contributed by atoms with van der Waals surface area (Å²) in [5, 5.41) is 2.88. The molecule has 7 heteroatoms. The predicted octanol–water partition coefficient (Wildman–Crippen LogP) is 6.37. The average molecular weight is 541 g/mol. The Morgan fingerprint density at radius 2 is 1.85 bits per heavy atom. The van der Waals surface area contributed by atoms with Crippen molar-refractivity contribution in [2.45, 2.75) is 46.4 Å². The summed E-state index contributed by atoms with van der Waals surface area (Å²) >= 11 is 0. The number of carbonyl (C=O) groups excluding carboxylic acids is 2. The number of hydrogen-bond acceptors (Lipinski definition) is 4. The standard InChI is InChI=1S/C33H33FN2O4/c1-21(2)33(38)36-16-15-24-9-12-27(18-29(24)31(36)25-7-10-26(34)11-8-25)39-20-28-13-14-30(40-28)32(37)35-19-23-6-4-5-22(3)17-23/h4-14,17-18,21,31H,15-16,19-20H2,1-3H3,(H,35,37)/t31-/m1/s1.